The Morgan fingerprint density at radius 1 is 0.857 bits per heavy atom. The van der Waals surface area contributed by atoms with Crippen LogP contribution in [-0.4, -0.2) is 0 Å². The highest BCUT2D eigenvalue weighted by molar-refractivity contribution is 5.38. The summed E-state index contributed by atoms with van der Waals surface area (Å²) in [6, 6.07) is 0. The Balaban J connectivity index is 1.42. The van der Waals surface area contributed by atoms with Crippen LogP contribution < -0.4 is 0 Å². The van der Waals surface area contributed by atoms with Gasteiger partial charge < -0.3 is 0 Å². The Kier molecular flexibility index (Phi) is 9.02. The smallest absolute Gasteiger partial charge is 0.0105 e. The molecule has 0 spiro atoms. The van der Waals surface area contributed by atoms with Gasteiger partial charge in [-0.25, -0.2) is 0 Å². The fourth-order valence-corrected chi connectivity index (χ4v) is 9.75. The molecule has 9 atom stereocenters. The molecule has 9 unspecified atom stereocenters. The summed E-state index contributed by atoms with van der Waals surface area (Å²) < 4.78 is 0. The van der Waals surface area contributed by atoms with Crippen LogP contribution in [0.2, 0.25) is 0 Å². The van der Waals surface area contributed by atoms with Gasteiger partial charge in [0.25, 0.3) is 0 Å². The molecule has 3 saturated carbocycles. The van der Waals surface area contributed by atoms with Crippen molar-refractivity contribution in [3.8, 4) is 0 Å². The van der Waals surface area contributed by atoms with Gasteiger partial charge in [-0.2, -0.15) is 0 Å². The Hall–Kier alpha value is -0.520. The van der Waals surface area contributed by atoms with Crippen LogP contribution in [0.5, 0.6) is 0 Å². The van der Waals surface area contributed by atoms with E-state index in [0.29, 0.717) is 10.8 Å². The Morgan fingerprint density at radius 3 is 2.31 bits per heavy atom. The van der Waals surface area contributed by atoms with E-state index >= 15 is 0 Å². The lowest BCUT2D eigenvalue weighted by Crippen LogP contribution is -2.49. The van der Waals surface area contributed by atoms with Gasteiger partial charge in [0.05, 0.1) is 0 Å². The summed E-state index contributed by atoms with van der Waals surface area (Å²) in [7, 11) is 0. The molecule has 35 heavy (non-hydrogen) atoms. The molecular weight excluding hydrogens is 420 g/mol. The lowest BCUT2D eigenvalue weighted by molar-refractivity contribution is -0.00244. The van der Waals surface area contributed by atoms with Crippen molar-refractivity contribution >= 4 is 0 Å². The largest absolute Gasteiger partial charge is 0.0955 e. The molecule has 4 aliphatic rings. The zero-order valence-electron chi connectivity index (χ0n) is 24.6. The summed E-state index contributed by atoms with van der Waals surface area (Å²) in [4.78, 5) is 0. The third-order valence-electron chi connectivity index (χ3n) is 12.3. The summed E-state index contributed by atoms with van der Waals surface area (Å²) in [6.07, 6.45) is 25.8. The highest BCUT2D eigenvalue weighted by Gasteiger charge is 2.57. The quantitative estimate of drug-likeness (QED) is 0.258. The van der Waals surface area contributed by atoms with Crippen LogP contribution in [0, 0.1) is 52.3 Å². The Morgan fingerprint density at radius 2 is 1.57 bits per heavy atom. The molecule has 0 heterocycles. The van der Waals surface area contributed by atoms with E-state index in [1.807, 2.05) is 5.57 Å². The van der Waals surface area contributed by atoms with Gasteiger partial charge in [-0.15, -0.1) is 0 Å². The molecule has 0 heteroatoms. The van der Waals surface area contributed by atoms with E-state index in [2.05, 4.69) is 47.6 Å². The van der Waals surface area contributed by atoms with Crippen LogP contribution in [0.25, 0.3) is 0 Å². The van der Waals surface area contributed by atoms with Crippen molar-refractivity contribution in [3.63, 3.8) is 0 Å². The molecule has 0 saturated heterocycles. The Labute approximate surface area is 220 Å². The van der Waals surface area contributed by atoms with Gasteiger partial charge in [0, 0.05) is 0 Å². The molecule has 0 aromatic rings. The minimum absolute atomic E-state index is 0.486. The van der Waals surface area contributed by atoms with Crippen LogP contribution in [0.1, 0.15) is 144 Å². The SMILES string of the molecule is C=C1C=C2C3CCC(CCCCC(C)CC)C3(C)CCC2C2(C)CCC(CC(C)CCCC)CC12. The molecule has 3 fully saturated rings. The van der Waals surface area contributed by atoms with Gasteiger partial charge in [0.15, 0.2) is 0 Å². The van der Waals surface area contributed by atoms with E-state index in [4.69, 9.17) is 6.58 Å². The van der Waals surface area contributed by atoms with Crippen molar-refractivity contribution in [2.75, 3.05) is 0 Å². The van der Waals surface area contributed by atoms with Gasteiger partial charge in [0.2, 0.25) is 0 Å². The predicted octanol–water partition coefficient (Wildman–Crippen LogP) is 11.2. The molecule has 0 amide bonds. The fraction of sp³-hybridized carbons (Fsp3) is 0.886. The minimum Gasteiger partial charge on any atom is -0.0955 e. The summed E-state index contributed by atoms with van der Waals surface area (Å²) in [5, 5.41) is 0. The van der Waals surface area contributed by atoms with Crippen LogP contribution in [0.15, 0.2) is 23.8 Å². The lowest BCUT2D eigenvalue weighted by Gasteiger charge is -2.58. The monoisotopic (exact) mass is 480 g/mol. The van der Waals surface area contributed by atoms with Gasteiger partial charge in [-0.1, -0.05) is 110 Å². The average Bonchev–Trinajstić information content (AvgIpc) is 3.17. The van der Waals surface area contributed by atoms with E-state index < -0.39 is 0 Å². The number of rotatable bonds is 11. The van der Waals surface area contributed by atoms with E-state index in [0.717, 1.165) is 41.4 Å². The maximum Gasteiger partial charge on any atom is -0.0105 e. The first-order chi connectivity index (χ1) is 16.7. The number of hydrogen-bond donors (Lipinski definition) is 0. The molecule has 0 N–H and O–H groups in total. The second kappa shape index (κ2) is 11.5. The van der Waals surface area contributed by atoms with Crippen LogP contribution in [0.3, 0.4) is 0 Å². The normalized spacial score (nSPS) is 40.5. The van der Waals surface area contributed by atoms with Crippen molar-refractivity contribution in [1.82, 2.24) is 0 Å². The standard InChI is InChI=1S/C35H60/c1-8-10-13-26(4)22-28-18-20-35(7)32-19-21-34(6)29(15-12-11-14-25(3)9-2)16-17-31(34)30(32)23-27(5)33(35)24-28/h23,25-26,28-29,31-33H,5,8-22,24H2,1-4,6-7H3. The second-order valence-corrected chi connectivity index (χ2v) is 14.6. The molecule has 0 aromatic heterocycles. The summed E-state index contributed by atoms with van der Waals surface area (Å²) in [5.41, 5.74) is 4.44. The van der Waals surface area contributed by atoms with Gasteiger partial charge >= 0.3 is 0 Å². The molecule has 4 aliphatic carbocycles. The van der Waals surface area contributed by atoms with E-state index in [1.165, 1.54) is 108 Å². The van der Waals surface area contributed by atoms with E-state index in [-0.39, 0.29) is 0 Å². The first kappa shape index (κ1) is 27.5. The minimum atomic E-state index is 0.486. The molecule has 0 aliphatic heterocycles. The molecule has 4 rings (SSSR count). The molecule has 0 bridgehead atoms. The topological polar surface area (TPSA) is 0 Å². The summed E-state index contributed by atoms with van der Waals surface area (Å²) >= 11 is 0. The number of unbranched alkanes of at least 4 members (excludes halogenated alkanes) is 2. The van der Waals surface area contributed by atoms with Crippen molar-refractivity contribution in [1.29, 1.82) is 0 Å². The zero-order valence-corrected chi connectivity index (χ0v) is 24.6. The predicted molar refractivity (Wildman–Crippen MR) is 154 cm³/mol. The van der Waals surface area contributed by atoms with Crippen molar-refractivity contribution in [2.24, 2.45) is 52.3 Å². The molecule has 0 radical (unpaired) electrons. The van der Waals surface area contributed by atoms with E-state index in [9.17, 15) is 0 Å². The van der Waals surface area contributed by atoms with Crippen molar-refractivity contribution in [2.45, 2.75) is 144 Å². The van der Waals surface area contributed by atoms with Crippen molar-refractivity contribution in [3.05, 3.63) is 23.8 Å². The fourth-order valence-electron chi connectivity index (χ4n) is 9.75. The second-order valence-electron chi connectivity index (χ2n) is 14.6. The van der Waals surface area contributed by atoms with Gasteiger partial charge in [-0.05, 0) is 110 Å². The van der Waals surface area contributed by atoms with Gasteiger partial charge in [-0.3, -0.25) is 0 Å². The van der Waals surface area contributed by atoms with Crippen LogP contribution in [0.4, 0.5) is 0 Å². The Bertz CT molecular complexity index is 743. The summed E-state index contributed by atoms with van der Waals surface area (Å²) in [5.74, 6) is 6.16. The molecule has 0 nitrogen and oxygen atoms in total. The van der Waals surface area contributed by atoms with Gasteiger partial charge in [0.1, 0.15) is 0 Å². The van der Waals surface area contributed by atoms with Crippen LogP contribution in [-0.2, 0) is 0 Å². The van der Waals surface area contributed by atoms with E-state index in [1.54, 1.807) is 0 Å². The van der Waals surface area contributed by atoms with Crippen LogP contribution >= 0.6 is 0 Å². The first-order valence-electron chi connectivity index (χ1n) is 16.1. The molecule has 200 valence electrons. The maximum absolute atomic E-state index is 4.76. The maximum atomic E-state index is 4.76. The van der Waals surface area contributed by atoms with Crippen molar-refractivity contribution < 1.29 is 0 Å². The highest BCUT2D eigenvalue weighted by atomic mass is 14.6. The lowest BCUT2D eigenvalue weighted by atomic mass is 9.46. The highest BCUT2D eigenvalue weighted by Crippen LogP contribution is 2.67. The number of hydrogen-bond acceptors (Lipinski definition) is 0. The number of allylic oxidation sites excluding steroid dienone is 3. The molecule has 0 aromatic carbocycles. The zero-order chi connectivity index (χ0) is 25.2. The summed E-state index contributed by atoms with van der Waals surface area (Å²) in [6.45, 7) is 19.8. The average molecular weight is 481 g/mol. The number of fused-ring (bicyclic) bond motifs is 5. The molecular formula is C35H60. The first-order valence-corrected chi connectivity index (χ1v) is 16.1. The third kappa shape index (κ3) is 5.53. The third-order valence-corrected chi connectivity index (χ3v) is 12.3.